The van der Waals surface area contributed by atoms with Gasteiger partial charge in [0.05, 0.1) is 12.1 Å². The SMILES string of the molecule is CCOCCC(c1cccc(C(=O)N[C@H]2CCc3ccccc32)c1)N1C(=N)NC(C)(C)CC1=O. The second kappa shape index (κ2) is 9.97. The highest BCUT2D eigenvalue weighted by atomic mass is 16.5. The van der Waals surface area contributed by atoms with Gasteiger partial charge in [-0.15, -0.1) is 0 Å². The third-order valence-electron chi connectivity index (χ3n) is 6.58. The minimum absolute atomic E-state index is 0.00406. The molecule has 7 nitrogen and oxygen atoms in total. The number of rotatable bonds is 8. The predicted molar refractivity (Wildman–Crippen MR) is 132 cm³/mol. The fraction of sp³-hybridized carbons (Fsp3) is 0.444. The molecule has 1 saturated heterocycles. The van der Waals surface area contributed by atoms with Crippen LogP contribution in [-0.4, -0.2) is 41.4 Å². The molecule has 0 radical (unpaired) electrons. The van der Waals surface area contributed by atoms with E-state index in [4.69, 9.17) is 10.1 Å². The van der Waals surface area contributed by atoms with Crippen LogP contribution < -0.4 is 10.6 Å². The topological polar surface area (TPSA) is 94.5 Å². The number of amides is 2. The van der Waals surface area contributed by atoms with Crippen LogP contribution in [0.4, 0.5) is 0 Å². The van der Waals surface area contributed by atoms with Crippen molar-refractivity contribution in [1.82, 2.24) is 15.5 Å². The zero-order valence-corrected chi connectivity index (χ0v) is 20.2. The van der Waals surface area contributed by atoms with E-state index in [2.05, 4.69) is 22.8 Å². The van der Waals surface area contributed by atoms with Gasteiger partial charge in [-0.05, 0) is 68.9 Å². The molecule has 3 N–H and O–H groups in total. The van der Waals surface area contributed by atoms with Crippen LogP contribution in [0.25, 0.3) is 0 Å². The maximum atomic E-state index is 13.2. The first-order chi connectivity index (χ1) is 16.3. The van der Waals surface area contributed by atoms with Crippen molar-refractivity contribution >= 4 is 17.8 Å². The summed E-state index contributed by atoms with van der Waals surface area (Å²) in [7, 11) is 0. The molecule has 1 fully saturated rings. The van der Waals surface area contributed by atoms with Crippen molar-refractivity contribution in [2.75, 3.05) is 13.2 Å². The van der Waals surface area contributed by atoms with E-state index in [0.717, 1.165) is 18.4 Å². The van der Waals surface area contributed by atoms with E-state index < -0.39 is 11.6 Å². The quantitative estimate of drug-likeness (QED) is 0.515. The van der Waals surface area contributed by atoms with Crippen LogP contribution in [0, 0.1) is 5.41 Å². The summed E-state index contributed by atoms with van der Waals surface area (Å²) >= 11 is 0. The van der Waals surface area contributed by atoms with Crippen LogP contribution in [0.3, 0.4) is 0 Å². The van der Waals surface area contributed by atoms with E-state index in [-0.39, 0.29) is 23.8 Å². The van der Waals surface area contributed by atoms with Gasteiger partial charge in [0.15, 0.2) is 5.96 Å². The first kappa shape index (κ1) is 24.0. The summed E-state index contributed by atoms with van der Waals surface area (Å²) in [6.07, 6.45) is 2.68. The van der Waals surface area contributed by atoms with Gasteiger partial charge in [-0.1, -0.05) is 36.4 Å². The van der Waals surface area contributed by atoms with Crippen molar-refractivity contribution < 1.29 is 14.3 Å². The summed E-state index contributed by atoms with van der Waals surface area (Å²) in [5.41, 5.74) is 3.37. The van der Waals surface area contributed by atoms with Gasteiger partial charge in [0, 0.05) is 30.7 Å². The van der Waals surface area contributed by atoms with E-state index in [9.17, 15) is 9.59 Å². The minimum atomic E-state index is -0.464. The lowest BCUT2D eigenvalue weighted by Crippen LogP contribution is -2.60. The normalized spacial score (nSPS) is 20.0. The summed E-state index contributed by atoms with van der Waals surface area (Å²) in [6.45, 7) is 6.79. The molecule has 1 unspecified atom stereocenters. The van der Waals surface area contributed by atoms with Gasteiger partial charge in [-0.2, -0.15) is 0 Å². The molecule has 1 aliphatic heterocycles. The molecule has 180 valence electrons. The second-order valence-corrected chi connectivity index (χ2v) is 9.69. The molecule has 1 aliphatic carbocycles. The van der Waals surface area contributed by atoms with Gasteiger partial charge >= 0.3 is 0 Å². The number of nitrogens with one attached hydrogen (secondary N) is 3. The number of nitrogens with zero attached hydrogens (tertiary/aromatic N) is 1. The average Bonchev–Trinajstić information content (AvgIpc) is 3.20. The van der Waals surface area contributed by atoms with Crippen molar-refractivity contribution in [3.8, 4) is 0 Å². The van der Waals surface area contributed by atoms with E-state index >= 15 is 0 Å². The van der Waals surface area contributed by atoms with Crippen LogP contribution in [-0.2, 0) is 16.0 Å². The first-order valence-corrected chi connectivity index (χ1v) is 12.0. The Labute approximate surface area is 201 Å². The number of fused-ring (bicyclic) bond motifs is 1. The summed E-state index contributed by atoms with van der Waals surface area (Å²) in [6, 6.07) is 15.2. The van der Waals surface area contributed by atoms with Crippen molar-refractivity contribution in [2.24, 2.45) is 0 Å². The van der Waals surface area contributed by atoms with E-state index in [1.165, 1.54) is 16.0 Å². The van der Waals surface area contributed by atoms with E-state index in [1.807, 2.05) is 51.1 Å². The molecule has 2 aliphatic rings. The number of ether oxygens (including phenoxy) is 1. The van der Waals surface area contributed by atoms with Crippen molar-refractivity contribution in [1.29, 1.82) is 5.41 Å². The summed E-state index contributed by atoms with van der Waals surface area (Å²) in [4.78, 5) is 27.7. The Balaban J connectivity index is 1.56. The minimum Gasteiger partial charge on any atom is -0.382 e. The fourth-order valence-electron chi connectivity index (χ4n) is 4.96. The molecule has 7 heteroatoms. The van der Waals surface area contributed by atoms with Gasteiger partial charge in [0.25, 0.3) is 5.91 Å². The number of aryl methyl sites for hydroxylation is 1. The van der Waals surface area contributed by atoms with E-state index in [0.29, 0.717) is 31.6 Å². The Morgan fingerprint density at radius 2 is 2.06 bits per heavy atom. The number of carbonyl (C=O) groups excluding carboxylic acids is 2. The molecule has 4 rings (SSSR count). The van der Waals surface area contributed by atoms with E-state index in [1.54, 1.807) is 6.07 Å². The van der Waals surface area contributed by atoms with Gasteiger partial charge in [0.1, 0.15) is 0 Å². The molecular weight excluding hydrogens is 428 g/mol. The van der Waals surface area contributed by atoms with Crippen molar-refractivity contribution in [3.63, 3.8) is 0 Å². The van der Waals surface area contributed by atoms with Gasteiger partial charge in [-0.25, -0.2) is 0 Å². The van der Waals surface area contributed by atoms with Crippen molar-refractivity contribution in [3.05, 3.63) is 70.8 Å². The summed E-state index contributed by atoms with van der Waals surface area (Å²) in [5.74, 6) is -0.153. The van der Waals surface area contributed by atoms with Gasteiger partial charge in [0.2, 0.25) is 5.91 Å². The predicted octanol–water partition coefficient (Wildman–Crippen LogP) is 4.11. The number of hydrogen-bond donors (Lipinski definition) is 3. The summed E-state index contributed by atoms with van der Waals surface area (Å²) in [5, 5.41) is 14.8. The third kappa shape index (κ3) is 5.14. The monoisotopic (exact) mass is 462 g/mol. The Morgan fingerprint density at radius 3 is 2.82 bits per heavy atom. The maximum Gasteiger partial charge on any atom is 0.251 e. The second-order valence-electron chi connectivity index (χ2n) is 9.69. The highest BCUT2D eigenvalue weighted by molar-refractivity contribution is 5.99. The van der Waals surface area contributed by atoms with Crippen molar-refractivity contribution in [2.45, 2.75) is 64.1 Å². The lowest BCUT2D eigenvalue weighted by Gasteiger charge is -2.42. The molecule has 1 heterocycles. The highest BCUT2D eigenvalue weighted by Gasteiger charge is 2.39. The van der Waals surface area contributed by atoms with Gasteiger partial charge < -0.3 is 15.4 Å². The smallest absolute Gasteiger partial charge is 0.251 e. The number of hydrogen-bond acceptors (Lipinski definition) is 4. The number of benzene rings is 2. The third-order valence-corrected chi connectivity index (χ3v) is 6.58. The number of guanidine groups is 1. The zero-order valence-electron chi connectivity index (χ0n) is 20.2. The molecule has 2 aromatic carbocycles. The molecule has 0 bridgehead atoms. The lowest BCUT2D eigenvalue weighted by atomic mass is 9.93. The standard InChI is InChI=1S/C27H34N4O3/c1-4-34-15-14-23(31-24(32)17-27(2,3)30-26(31)28)19-9-7-10-20(16-19)25(33)29-22-13-12-18-8-5-6-11-21(18)22/h5-11,16,22-23H,4,12-15,17H2,1-3H3,(H2,28,30)(H,29,33)/t22-,23?/m0/s1. The number of carbonyl (C=O) groups is 2. The summed E-state index contributed by atoms with van der Waals surface area (Å²) < 4.78 is 5.58. The molecule has 2 amide bonds. The Bertz CT molecular complexity index is 1060. The van der Waals surface area contributed by atoms with Crippen LogP contribution in [0.5, 0.6) is 0 Å². The Morgan fingerprint density at radius 1 is 1.26 bits per heavy atom. The fourth-order valence-corrected chi connectivity index (χ4v) is 4.96. The van der Waals surface area contributed by atoms with Crippen LogP contribution in [0.2, 0.25) is 0 Å². The lowest BCUT2D eigenvalue weighted by molar-refractivity contribution is -0.132. The molecule has 0 spiro atoms. The Kier molecular flexibility index (Phi) is 7.03. The molecular formula is C27H34N4O3. The molecule has 2 aromatic rings. The van der Waals surface area contributed by atoms with Crippen LogP contribution in [0.1, 0.15) is 79.2 Å². The van der Waals surface area contributed by atoms with Crippen LogP contribution in [0.15, 0.2) is 48.5 Å². The Hall–Kier alpha value is -3.19. The maximum absolute atomic E-state index is 13.2. The average molecular weight is 463 g/mol. The van der Waals surface area contributed by atoms with Crippen LogP contribution >= 0.6 is 0 Å². The first-order valence-electron chi connectivity index (χ1n) is 12.0. The van der Waals surface area contributed by atoms with Gasteiger partial charge in [-0.3, -0.25) is 19.9 Å². The molecule has 34 heavy (non-hydrogen) atoms. The molecule has 0 saturated carbocycles. The zero-order chi connectivity index (χ0) is 24.3. The molecule has 0 aromatic heterocycles. The highest BCUT2D eigenvalue weighted by Crippen LogP contribution is 2.32. The largest absolute Gasteiger partial charge is 0.382 e. The molecule has 2 atom stereocenters.